The van der Waals surface area contributed by atoms with E-state index >= 15 is 0 Å². The Morgan fingerprint density at radius 1 is 0.537 bits per heavy atom. The maximum absolute atomic E-state index is 7.42. The Hall–Kier alpha value is -3.13. The van der Waals surface area contributed by atoms with Gasteiger partial charge in [0, 0.05) is 0 Å². The van der Waals surface area contributed by atoms with E-state index in [-0.39, 0.29) is 0 Å². The molecular weight excluding hydrogens is 523 g/mol. The molecule has 0 fully saturated rings. The number of aryl methyl sites for hydroxylation is 3. The van der Waals surface area contributed by atoms with E-state index in [0.717, 1.165) is 57.6 Å². The minimum absolute atomic E-state index is 0.531. The summed E-state index contributed by atoms with van der Waals surface area (Å²) < 4.78 is 22.1. The van der Waals surface area contributed by atoms with E-state index in [1.54, 1.807) is 0 Å². The van der Waals surface area contributed by atoms with Crippen molar-refractivity contribution in [3.63, 3.8) is 0 Å². The van der Waals surface area contributed by atoms with Crippen molar-refractivity contribution in [2.45, 2.75) is 73.1 Å². The third-order valence-corrected chi connectivity index (χ3v) is 12.1. The predicted molar refractivity (Wildman–Crippen MR) is 176 cm³/mol. The molecule has 4 aromatic carbocycles. The number of para-hydroxylation sites is 2. The molecule has 0 amide bonds. The van der Waals surface area contributed by atoms with Gasteiger partial charge in [-0.15, -0.1) is 0 Å². The van der Waals surface area contributed by atoms with Crippen LogP contribution in [0.25, 0.3) is 0 Å². The SMILES string of the molecule is Cc1ccccc1OP(OCCCCCCCC(C)C)(Oc1ccccc1)(c1ccccc1C)c1ccccc1C. The van der Waals surface area contributed by atoms with Gasteiger partial charge in [0.05, 0.1) is 0 Å². The van der Waals surface area contributed by atoms with Gasteiger partial charge in [-0.2, -0.15) is 0 Å². The Labute approximate surface area is 248 Å². The summed E-state index contributed by atoms with van der Waals surface area (Å²) in [6, 6.07) is 34.9. The molecule has 4 aromatic rings. The standard InChI is InChI=1S/C37H47O3P/c1-30(2)20-10-7-6-8-19-29-38-41(36-27-17-14-22-32(36)4,37-28-18-15-23-33(37)5,39-34-24-11-9-12-25-34)40-35-26-16-13-21-31(35)3/h9,11-18,21-28,30H,6-8,10,19-20,29H2,1-5H3. The van der Waals surface area contributed by atoms with Gasteiger partial charge in [-0.1, -0.05) is 0 Å². The molecule has 0 atom stereocenters. The second-order valence-corrected chi connectivity index (χ2v) is 14.9. The number of hydrogen-bond acceptors (Lipinski definition) is 3. The van der Waals surface area contributed by atoms with Crippen LogP contribution in [0.3, 0.4) is 0 Å². The summed E-state index contributed by atoms with van der Waals surface area (Å²) in [6.07, 6.45) is 7.10. The Bertz CT molecular complexity index is 1340. The maximum atomic E-state index is 7.42. The molecule has 0 N–H and O–H groups in total. The molecule has 218 valence electrons. The van der Waals surface area contributed by atoms with Crippen LogP contribution in [0, 0.1) is 26.7 Å². The number of rotatable bonds is 15. The van der Waals surface area contributed by atoms with Crippen molar-refractivity contribution in [2.75, 3.05) is 6.61 Å². The Balaban J connectivity index is 1.88. The van der Waals surface area contributed by atoms with Gasteiger partial charge in [0.2, 0.25) is 0 Å². The molecule has 0 aliphatic rings. The summed E-state index contributed by atoms with van der Waals surface area (Å²) in [5, 5.41) is 1.91. The first-order valence-electron chi connectivity index (χ1n) is 15.1. The van der Waals surface area contributed by atoms with Crippen LogP contribution < -0.4 is 19.7 Å². The average Bonchev–Trinajstić information content (AvgIpc) is 2.96. The van der Waals surface area contributed by atoms with Crippen molar-refractivity contribution in [1.29, 1.82) is 0 Å². The molecule has 0 radical (unpaired) electrons. The minimum atomic E-state index is -4.32. The summed E-state index contributed by atoms with van der Waals surface area (Å²) in [4.78, 5) is 0. The fraction of sp³-hybridized carbons (Fsp3) is 0.351. The average molecular weight is 571 g/mol. The summed E-state index contributed by atoms with van der Waals surface area (Å²) in [7, 11) is -4.32. The van der Waals surface area contributed by atoms with E-state index in [1.165, 1.54) is 25.7 Å². The van der Waals surface area contributed by atoms with Gasteiger partial charge in [-0.3, -0.25) is 0 Å². The molecule has 0 saturated heterocycles. The first-order chi connectivity index (χ1) is 19.8. The molecule has 41 heavy (non-hydrogen) atoms. The number of hydrogen-bond donors (Lipinski definition) is 0. The molecular formula is C37H47O3P. The van der Waals surface area contributed by atoms with Gasteiger partial charge in [0.1, 0.15) is 0 Å². The fourth-order valence-electron chi connectivity index (χ4n) is 5.45. The first-order valence-corrected chi connectivity index (χ1v) is 17.1. The zero-order valence-electron chi connectivity index (χ0n) is 25.5. The quantitative estimate of drug-likeness (QED) is 0.105. The number of unbranched alkanes of at least 4 members (excludes halogenated alkanes) is 4. The van der Waals surface area contributed by atoms with E-state index in [0.29, 0.717) is 6.61 Å². The summed E-state index contributed by atoms with van der Waals surface area (Å²) >= 11 is 0. The first kappa shape index (κ1) is 30.8. The third kappa shape index (κ3) is 7.21. The molecule has 0 unspecified atom stereocenters. The number of benzene rings is 4. The normalized spacial score (nSPS) is 12.6. The molecule has 0 spiro atoms. The van der Waals surface area contributed by atoms with Crippen LogP contribution in [0.4, 0.5) is 0 Å². The monoisotopic (exact) mass is 570 g/mol. The van der Waals surface area contributed by atoms with Crippen LogP contribution >= 0.6 is 7.28 Å². The van der Waals surface area contributed by atoms with E-state index in [9.17, 15) is 0 Å². The van der Waals surface area contributed by atoms with Gasteiger partial charge < -0.3 is 0 Å². The van der Waals surface area contributed by atoms with Gasteiger partial charge in [-0.25, -0.2) is 0 Å². The van der Waals surface area contributed by atoms with Crippen LogP contribution in [0.15, 0.2) is 103 Å². The summed E-state index contributed by atoms with van der Waals surface area (Å²) in [6.45, 7) is 11.5. The Kier molecular flexibility index (Phi) is 10.6. The van der Waals surface area contributed by atoms with Crippen LogP contribution in [0.5, 0.6) is 11.5 Å². The molecule has 3 nitrogen and oxygen atoms in total. The molecule has 4 heteroatoms. The van der Waals surface area contributed by atoms with Crippen LogP contribution in [-0.2, 0) is 4.52 Å². The topological polar surface area (TPSA) is 27.7 Å². The van der Waals surface area contributed by atoms with Crippen molar-refractivity contribution in [3.8, 4) is 11.5 Å². The summed E-state index contributed by atoms with van der Waals surface area (Å²) in [5.41, 5.74) is 3.19. The van der Waals surface area contributed by atoms with Crippen LogP contribution in [0.1, 0.15) is 69.1 Å². The molecule has 0 aliphatic heterocycles. The van der Waals surface area contributed by atoms with E-state index in [1.807, 2.05) is 48.5 Å². The molecule has 0 heterocycles. The second kappa shape index (κ2) is 14.2. The molecule has 0 saturated carbocycles. The van der Waals surface area contributed by atoms with Crippen molar-refractivity contribution >= 4 is 17.9 Å². The van der Waals surface area contributed by atoms with Crippen LogP contribution in [-0.4, -0.2) is 6.61 Å². The molecule has 0 aliphatic carbocycles. The zero-order chi connectivity index (χ0) is 29.2. The molecule has 0 aromatic heterocycles. The van der Waals surface area contributed by atoms with E-state index < -0.39 is 7.28 Å². The van der Waals surface area contributed by atoms with Gasteiger partial charge in [0.25, 0.3) is 0 Å². The Morgan fingerprint density at radius 2 is 1.05 bits per heavy atom. The zero-order valence-corrected chi connectivity index (χ0v) is 26.4. The predicted octanol–water partition coefficient (Wildman–Crippen LogP) is 10.0. The van der Waals surface area contributed by atoms with E-state index in [2.05, 4.69) is 89.2 Å². The van der Waals surface area contributed by atoms with Gasteiger partial charge >= 0.3 is 248 Å². The van der Waals surface area contributed by atoms with E-state index in [4.69, 9.17) is 13.6 Å². The molecule has 4 rings (SSSR count). The third-order valence-electron chi connectivity index (χ3n) is 7.69. The second-order valence-electron chi connectivity index (χ2n) is 11.5. The Morgan fingerprint density at radius 3 is 1.63 bits per heavy atom. The molecule has 0 bridgehead atoms. The van der Waals surface area contributed by atoms with Crippen molar-refractivity contribution in [3.05, 3.63) is 120 Å². The van der Waals surface area contributed by atoms with Crippen molar-refractivity contribution < 1.29 is 13.6 Å². The van der Waals surface area contributed by atoms with Crippen molar-refractivity contribution in [2.24, 2.45) is 5.92 Å². The fourth-order valence-corrected chi connectivity index (χ4v) is 10.1. The van der Waals surface area contributed by atoms with Crippen LogP contribution in [0.2, 0.25) is 0 Å². The summed E-state index contributed by atoms with van der Waals surface area (Å²) in [5.74, 6) is 2.25. The van der Waals surface area contributed by atoms with Gasteiger partial charge in [0.15, 0.2) is 0 Å². The van der Waals surface area contributed by atoms with Gasteiger partial charge in [-0.05, 0) is 0 Å². The van der Waals surface area contributed by atoms with Crippen molar-refractivity contribution in [1.82, 2.24) is 0 Å².